The van der Waals surface area contributed by atoms with Crippen LogP contribution >= 0.6 is 0 Å². The van der Waals surface area contributed by atoms with Gasteiger partial charge in [0.25, 0.3) is 11.9 Å². The van der Waals surface area contributed by atoms with Gasteiger partial charge in [0.1, 0.15) is 25.0 Å². The van der Waals surface area contributed by atoms with Gasteiger partial charge in [-0.3, -0.25) is 14.9 Å². The van der Waals surface area contributed by atoms with Gasteiger partial charge in [0.15, 0.2) is 0 Å². The molecule has 10 N–H and O–H groups in total. The number of rotatable bonds is 7. The average Bonchev–Trinajstić information content (AvgIpc) is 3.68. The second-order valence-corrected chi connectivity index (χ2v) is 7.04. The molecule has 0 aromatic heterocycles. The predicted molar refractivity (Wildman–Crippen MR) is 200 cm³/mol. The zero-order chi connectivity index (χ0) is 37.1. The number of imide groups is 1. The number of aldehydes is 1. The molecule has 3 amide bonds. The van der Waals surface area contributed by atoms with Crippen molar-refractivity contribution in [3.8, 4) is 0 Å². The molecule has 2 rings (SSSR count). The molecule has 1 fully saturated rings. The Bertz CT molecular complexity index is 631. The van der Waals surface area contributed by atoms with Crippen molar-refractivity contribution in [3.63, 3.8) is 0 Å². The number of hydrogen-bond donors (Lipinski definition) is 7. The van der Waals surface area contributed by atoms with Crippen LogP contribution in [-0.4, -0.2) is 77.8 Å². The standard InChI is InChI=1S/C5H8N2O2.C5H10N2O.C4H9NO2.C4H11NO.C3H6O.5C2H6.2CH4.5Y/c1-2-3-4(8)7-5(9)6-3;1-2-4-3-8-5(6)7-4;1-2-3(5)4(6)7;1-2-4(5)3-6;1-2-3-4;5*1-2;;;;;;;/h3H,2H2,1H3,(H2,6,7,8,9);4H,2-3H2,1H3,(H2,6,7);3H,2,5H2,1H3,(H,6,7);4,6H,2-3,5H2,1H3;3H,2H2,1H3;5*1-2H3;2*1H4;;;;;. The van der Waals surface area contributed by atoms with E-state index in [0.29, 0.717) is 37.9 Å². The molecule has 18 heteroatoms. The minimum absolute atomic E-state index is 0. The Morgan fingerprint density at radius 2 is 1.22 bits per heavy atom. The Balaban J connectivity index is -0.0000000225. The van der Waals surface area contributed by atoms with Crippen molar-refractivity contribution in [3.05, 3.63) is 0 Å². The molecule has 5 radical (unpaired) electrons. The first kappa shape index (κ1) is 99.6. The minimum atomic E-state index is -0.928. The van der Waals surface area contributed by atoms with Crippen LogP contribution < -0.4 is 27.8 Å². The number of carbonyl (C=O) groups excluding carboxylic acids is 3. The number of carbonyl (C=O) groups is 4. The zero-order valence-corrected chi connectivity index (χ0v) is 48.0. The van der Waals surface area contributed by atoms with Crippen molar-refractivity contribution in [2.24, 2.45) is 22.2 Å². The fourth-order valence-electron chi connectivity index (χ4n) is 1.70. The van der Waals surface area contributed by atoms with Crippen LogP contribution in [-0.2, 0) is 183 Å². The Morgan fingerprint density at radius 1 is 0.843 bits per heavy atom. The fraction of sp³-hybridized carbons (Fsp3) is 0.848. The van der Waals surface area contributed by atoms with Gasteiger partial charge in [0.2, 0.25) is 0 Å². The van der Waals surface area contributed by atoms with Gasteiger partial charge in [0, 0.05) is 176 Å². The number of aliphatic carboxylic acids is 1. The van der Waals surface area contributed by atoms with Crippen LogP contribution in [0, 0.1) is 0 Å². The Kier molecular flexibility index (Phi) is 184. The molecule has 51 heavy (non-hydrogen) atoms. The summed E-state index contributed by atoms with van der Waals surface area (Å²) in [5.74, 6) is -1.15. The molecule has 2 heterocycles. The number of carboxylic acid groups (broad SMARTS) is 1. The largest absolute Gasteiger partial charge is 0.480 e. The summed E-state index contributed by atoms with van der Waals surface area (Å²) < 4.78 is 4.88. The summed E-state index contributed by atoms with van der Waals surface area (Å²) >= 11 is 0. The van der Waals surface area contributed by atoms with E-state index < -0.39 is 12.0 Å². The van der Waals surface area contributed by atoms with Gasteiger partial charge in [-0.2, -0.15) is 0 Å². The molecule has 0 bridgehead atoms. The predicted octanol–water partition coefficient (Wildman–Crippen LogP) is 6.22. The van der Waals surface area contributed by atoms with Crippen molar-refractivity contribution < 1.29 is 198 Å². The van der Waals surface area contributed by atoms with Gasteiger partial charge in [-0.1, -0.05) is 119 Å². The molecule has 0 aromatic carbocycles. The zero-order valence-electron chi connectivity index (χ0n) is 33.8. The van der Waals surface area contributed by atoms with Crippen LogP contribution in [0.2, 0.25) is 0 Å². The van der Waals surface area contributed by atoms with E-state index in [1.807, 2.05) is 90.0 Å². The van der Waals surface area contributed by atoms with Gasteiger partial charge < -0.3 is 42.3 Å². The second kappa shape index (κ2) is 94.1. The van der Waals surface area contributed by atoms with Gasteiger partial charge in [-0.05, 0) is 25.7 Å². The summed E-state index contributed by atoms with van der Waals surface area (Å²) in [6.45, 7) is 30.2. The maximum Gasteiger partial charge on any atom is 0.322 e. The van der Waals surface area contributed by atoms with E-state index in [4.69, 9.17) is 32.2 Å². The number of nitrogens with two attached hydrogens (primary N) is 3. The maximum absolute atomic E-state index is 10.6. The Hall–Kier alpha value is 2.75. The number of ether oxygens (including phenoxy) is 1. The smallest absolute Gasteiger partial charge is 0.322 e. The van der Waals surface area contributed by atoms with E-state index in [1.165, 1.54) is 0 Å². The number of carboxylic acids is 1. The van der Waals surface area contributed by atoms with E-state index in [1.54, 1.807) is 6.92 Å². The summed E-state index contributed by atoms with van der Waals surface area (Å²) in [5.41, 5.74) is 15.5. The van der Waals surface area contributed by atoms with Crippen LogP contribution in [0.25, 0.3) is 0 Å². The van der Waals surface area contributed by atoms with Crippen LogP contribution in [0.3, 0.4) is 0 Å². The molecule has 0 aliphatic carbocycles. The third kappa shape index (κ3) is 90.5. The van der Waals surface area contributed by atoms with E-state index in [9.17, 15) is 19.2 Å². The number of aliphatic imine (C=N–C) groups is 1. The van der Waals surface area contributed by atoms with Crippen LogP contribution in [0.1, 0.15) is 151 Å². The number of amides is 3. The molecule has 4 atom stereocenters. The first-order chi connectivity index (χ1) is 21.0. The number of amidine groups is 1. The number of aliphatic hydroxyl groups is 1. The first-order valence-corrected chi connectivity index (χ1v) is 16.3. The van der Waals surface area contributed by atoms with Crippen molar-refractivity contribution in [2.45, 2.75) is 175 Å². The number of nitrogens with zero attached hydrogens (tertiary/aromatic N) is 1. The minimum Gasteiger partial charge on any atom is -0.480 e. The maximum atomic E-state index is 10.6. The van der Waals surface area contributed by atoms with Crippen molar-refractivity contribution in [2.75, 3.05) is 13.2 Å². The van der Waals surface area contributed by atoms with E-state index in [2.05, 4.69) is 22.5 Å². The second-order valence-electron chi connectivity index (χ2n) is 7.04. The number of hydrogen-bond acceptors (Lipinski definition) is 10. The van der Waals surface area contributed by atoms with E-state index in [0.717, 1.165) is 19.1 Å². The Morgan fingerprint density at radius 3 is 1.29 bits per heavy atom. The molecule has 2 aliphatic rings. The molecule has 0 saturated carbocycles. The molecular formula is C33H82N6O7Y5. The monoisotopic (exact) mass is 1120 g/mol. The van der Waals surface area contributed by atoms with E-state index in [-0.39, 0.29) is 209 Å². The summed E-state index contributed by atoms with van der Waals surface area (Å²) in [6.07, 6.45) is 4.53. The van der Waals surface area contributed by atoms with Gasteiger partial charge in [0.05, 0.1) is 12.6 Å². The molecule has 301 valence electrons. The first-order valence-electron chi connectivity index (χ1n) is 16.3. The van der Waals surface area contributed by atoms with E-state index >= 15 is 0 Å². The van der Waals surface area contributed by atoms with Gasteiger partial charge >= 0.3 is 12.0 Å². The third-order valence-electron chi connectivity index (χ3n) is 4.15. The number of urea groups is 1. The summed E-state index contributed by atoms with van der Waals surface area (Å²) in [4.78, 5) is 44.0. The summed E-state index contributed by atoms with van der Waals surface area (Å²) in [5, 5.41) is 20.8. The van der Waals surface area contributed by atoms with Crippen LogP contribution in [0.5, 0.6) is 0 Å². The Labute approximate surface area is 442 Å². The van der Waals surface area contributed by atoms with Crippen molar-refractivity contribution >= 4 is 30.2 Å². The molecule has 0 aromatic rings. The molecule has 4 unspecified atom stereocenters. The average molecular weight is 1120 g/mol. The normalized spacial score (nSPS) is 13.4. The summed E-state index contributed by atoms with van der Waals surface area (Å²) in [7, 11) is 0. The van der Waals surface area contributed by atoms with Crippen LogP contribution in [0.4, 0.5) is 4.79 Å². The quantitative estimate of drug-likeness (QED) is 0.112. The molecule has 2 aliphatic heterocycles. The molecular weight excluding hydrogens is 1040 g/mol. The molecule has 13 nitrogen and oxygen atoms in total. The number of nitrogens with one attached hydrogen (secondary N) is 2. The molecule has 0 spiro atoms. The fourth-order valence-corrected chi connectivity index (χ4v) is 1.70. The number of aliphatic hydroxyl groups excluding tert-OH is 1. The summed E-state index contributed by atoms with van der Waals surface area (Å²) in [6, 6.07) is -0.721. The van der Waals surface area contributed by atoms with Gasteiger partial charge in [-0.15, -0.1) is 0 Å². The van der Waals surface area contributed by atoms with Crippen molar-refractivity contribution in [1.29, 1.82) is 0 Å². The topological polar surface area (TPSA) is 232 Å². The van der Waals surface area contributed by atoms with Crippen LogP contribution in [0.15, 0.2) is 4.99 Å². The van der Waals surface area contributed by atoms with Gasteiger partial charge in [-0.25, -0.2) is 9.79 Å². The molecule has 1 saturated heterocycles. The SMILES string of the molecule is C.C.CC.CC.CC.CC.CC.CCC(N)C(=O)O.CCC(N)CO.CCC1COC(N)=N1.CCC1NC(=O)NC1=O.CCC=O.[Y].[Y].[Y].[Y].[Y]. The van der Waals surface area contributed by atoms with Crippen molar-refractivity contribution in [1.82, 2.24) is 10.6 Å². The third-order valence-corrected chi connectivity index (χ3v) is 4.15.